The number of methoxy groups -OCH3 is 1. The molecule has 5 heteroatoms. The maximum absolute atomic E-state index is 12.7. The van der Waals surface area contributed by atoms with E-state index < -0.39 is 0 Å². The van der Waals surface area contributed by atoms with Gasteiger partial charge in [-0.3, -0.25) is 4.79 Å². The van der Waals surface area contributed by atoms with Crippen molar-refractivity contribution in [1.29, 1.82) is 0 Å². The molecule has 120 valence electrons. The number of aryl methyl sites for hydroxylation is 1. The Hall–Kier alpha value is -1.59. The van der Waals surface area contributed by atoms with Crippen LogP contribution in [-0.2, 0) is 20.7 Å². The van der Waals surface area contributed by atoms with E-state index in [4.69, 9.17) is 14.2 Å². The molecular weight excluding hydrogens is 282 g/mol. The Labute approximate surface area is 131 Å². The van der Waals surface area contributed by atoms with Crippen LogP contribution in [0.5, 0.6) is 5.75 Å². The topological polar surface area (TPSA) is 48.0 Å². The van der Waals surface area contributed by atoms with E-state index in [1.165, 1.54) is 5.56 Å². The number of nitrogens with zero attached hydrogens (tertiary/aromatic N) is 1. The monoisotopic (exact) mass is 305 g/mol. The Bertz CT molecular complexity index is 539. The lowest BCUT2D eigenvalue weighted by Crippen LogP contribution is -2.36. The Morgan fingerprint density at radius 1 is 1.32 bits per heavy atom. The van der Waals surface area contributed by atoms with Gasteiger partial charge in [-0.1, -0.05) is 13.0 Å². The molecule has 0 saturated carbocycles. The normalized spacial score (nSPS) is 22.5. The molecule has 0 N–H and O–H groups in total. The average molecular weight is 305 g/mol. The molecule has 0 aromatic heterocycles. The van der Waals surface area contributed by atoms with Crippen LogP contribution in [0.25, 0.3) is 0 Å². The third-order valence-corrected chi connectivity index (χ3v) is 4.40. The van der Waals surface area contributed by atoms with E-state index in [1.807, 2.05) is 24.0 Å². The molecule has 0 radical (unpaired) electrons. The van der Waals surface area contributed by atoms with Gasteiger partial charge in [0.05, 0.1) is 26.0 Å². The molecule has 0 aliphatic carbocycles. The van der Waals surface area contributed by atoms with Gasteiger partial charge in [-0.25, -0.2) is 0 Å². The van der Waals surface area contributed by atoms with Gasteiger partial charge in [-0.2, -0.15) is 0 Å². The second-order valence-corrected chi connectivity index (χ2v) is 5.88. The van der Waals surface area contributed by atoms with Crippen molar-refractivity contribution in [2.24, 2.45) is 5.92 Å². The molecule has 0 bridgehead atoms. The van der Waals surface area contributed by atoms with E-state index in [-0.39, 0.29) is 18.1 Å². The fourth-order valence-electron chi connectivity index (χ4n) is 3.05. The molecule has 1 saturated heterocycles. The van der Waals surface area contributed by atoms with Crippen molar-refractivity contribution in [3.05, 3.63) is 23.8 Å². The average Bonchev–Trinajstić information content (AvgIpc) is 3.02. The van der Waals surface area contributed by atoms with Crippen LogP contribution in [0.1, 0.15) is 25.3 Å². The van der Waals surface area contributed by atoms with E-state index >= 15 is 0 Å². The molecule has 3 rings (SSSR count). The smallest absolute Gasteiger partial charge is 0.229 e. The fraction of sp³-hybridized carbons (Fsp3) is 0.588. The maximum atomic E-state index is 12.7. The Balaban J connectivity index is 1.84. The summed E-state index contributed by atoms with van der Waals surface area (Å²) in [6.45, 7) is 3.88. The molecular formula is C17H23NO4. The predicted octanol–water partition coefficient (Wildman–Crippen LogP) is 2.37. The summed E-state index contributed by atoms with van der Waals surface area (Å²) in [4.78, 5) is 14.6. The highest BCUT2D eigenvalue weighted by atomic mass is 16.7. The van der Waals surface area contributed by atoms with Gasteiger partial charge >= 0.3 is 0 Å². The number of amides is 1. The van der Waals surface area contributed by atoms with Crippen LogP contribution in [0.15, 0.2) is 18.2 Å². The summed E-state index contributed by atoms with van der Waals surface area (Å²) in [5.41, 5.74) is 2.17. The fourth-order valence-corrected chi connectivity index (χ4v) is 3.05. The summed E-state index contributed by atoms with van der Waals surface area (Å²) >= 11 is 0. The SMILES string of the molecule is COc1ccc2c(c1)N(CCC1OCCO1)C(=O)C(C)CC2. The van der Waals surface area contributed by atoms with Crippen molar-refractivity contribution in [3.8, 4) is 5.75 Å². The number of ether oxygens (including phenoxy) is 3. The molecule has 5 nitrogen and oxygen atoms in total. The Morgan fingerprint density at radius 2 is 2.09 bits per heavy atom. The zero-order valence-corrected chi connectivity index (χ0v) is 13.2. The minimum Gasteiger partial charge on any atom is -0.497 e. The van der Waals surface area contributed by atoms with E-state index in [0.717, 1.165) is 24.3 Å². The van der Waals surface area contributed by atoms with Gasteiger partial charge in [0, 0.05) is 24.9 Å². The quantitative estimate of drug-likeness (QED) is 0.857. The number of benzene rings is 1. The number of hydrogen-bond acceptors (Lipinski definition) is 4. The molecule has 1 unspecified atom stereocenters. The lowest BCUT2D eigenvalue weighted by Gasteiger charge is -2.26. The first-order valence-corrected chi connectivity index (χ1v) is 7.90. The predicted molar refractivity (Wildman–Crippen MR) is 83.1 cm³/mol. The van der Waals surface area contributed by atoms with Gasteiger partial charge in [-0.15, -0.1) is 0 Å². The van der Waals surface area contributed by atoms with Crippen LogP contribution in [0.4, 0.5) is 5.69 Å². The second kappa shape index (κ2) is 6.67. The number of hydrogen-bond donors (Lipinski definition) is 0. The van der Waals surface area contributed by atoms with Gasteiger partial charge in [0.15, 0.2) is 6.29 Å². The lowest BCUT2D eigenvalue weighted by molar-refractivity contribution is -0.122. The Morgan fingerprint density at radius 3 is 2.82 bits per heavy atom. The summed E-state index contributed by atoms with van der Waals surface area (Å²) in [6, 6.07) is 5.98. The molecule has 2 aliphatic rings. The zero-order chi connectivity index (χ0) is 15.5. The van der Waals surface area contributed by atoms with Gasteiger partial charge in [0.25, 0.3) is 0 Å². The van der Waals surface area contributed by atoms with Crippen molar-refractivity contribution < 1.29 is 19.0 Å². The molecule has 1 atom stereocenters. The minimum atomic E-state index is -0.194. The lowest BCUT2D eigenvalue weighted by atomic mass is 10.0. The van der Waals surface area contributed by atoms with Crippen LogP contribution in [0.3, 0.4) is 0 Å². The summed E-state index contributed by atoms with van der Waals surface area (Å²) in [7, 11) is 1.65. The number of rotatable bonds is 4. The Kier molecular flexibility index (Phi) is 4.64. The molecule has 2 aliphatic heterocycles. The first-order valence-electron chi connectivity index (χ1n) is 7.90. The molecule has 2 heterocycles. The minimum absolute atomic E-state index is 0.0313. The van der Waals surface area contributed by atoms with Crippen molar-refractivity contribution in [3.63, 3.8) is 0 Å². The van der Waals surface area contributed by atoms with Crippen LogP contribution < -0.4 is 9.64 Å². The highest BCUT2D eigenvalue weighted by Crippen LogP contribution is 2.33. The molecule has 1 aromatic carbocycles. The van der Waals surface area contributed by atoms with Crippen molar-refractivity contribution in [1.82, 2.24) is 0 Å². The number of carbonyl (C=O) groups excluding carboxylic acids is 1. The highest BCUT2D eigenvalue weighted by molar-refractivity contribution is 5.96. The van der Waals surface area contributed by atoms with E-state index in [1.54, 1.807) is 7.11 Å². The van der Waals surface area contributed by atoms with Crippen LogP contribution in [-0.4, -0.2) is 39.1 Å². The summed E-state index contributed by atoms with van der Waals surface area (Å²) < 4.78 is 16.3. The van der Waals surface area contributed by atoms with Gasteiger partial charge in [-0.05, 0) is 24.5 Å². The zero-order valence-electron chi connectivity index (χ0n) is 13.2. The molecule has 1 aromatic rings. The first-order chi connectivity index (χ1) is 10.7. The van der Waals surface area contributed by atoms with Crippen molar-refractivity contribution in [2.75, 3.05) is 31.8 Å². The van der Waals surface area contributed by atoms with Gasteiger partial charge in [0.1, 0.15) is 5.75 Å². The summed E-state index contributed by atoms with van der Waals surface area (Å²) in [5, 5.41) is 0. The van der Waals surface area contributed by atoms with Crippen LogP contribution in [0.2, 0.25) is 0 Å². The maximum Gasteiger partial charge on any atom is 0.229 e. The van der Waals surface area contributed by atoms with E-state index in [0.29, 0.717) is 26.2 Å². The number of anilines is 1. The molecule has 1 amide bonds. The molecule has 22 heavy (non-hydrogen) atoms. The number of fused-ring (bicyclic) bond motifs is 1. The summed E-state index contributed by atoms with van der Waals surface area (Å²) in [5.74, 6) is 0.980. The highest BCUT2D eigenvalue weighted by Gasteiger charge is 2.29. The van der Waals surface area contributed by atoms with Crippen molar-refractivity contribution >= 4 is 11.6 Å². The van der Waals surface area contributed by atoms with Crippen molar-refractivity contribution in [2.45, 2.75) is 32.5 Å². The molecule has 0 spiro atoms. The summed E-state index contributed by atoms with van der Waals surface area (Å²) in [6.07, 6.45) is 2.29. The third kappa shape index (κ3) is 3.10. The van der Waals surface area contributed by atoms with Gasteiger partial charge in [0.2, 0.25) is 5.91 Å². The number of carbonyl (C=O) groups is 1. The first kappa shape index (κ1) is 15.3. The van der Waals surface area contributed by atoms with Crippen LogP contribution >= 0.6 is 0 Å². The van der Waals surface area contributed by atoms with E-state index in [2.05, 4.69) is 6.07 Å². The standard InChI is InChI=1S/C17H23NO4/c1-12-3-4-13-5-6-14(20-2)11-15(13)18(17(12)19)8-7-16-21-9-10-22-16/h5-6,11-12,16H,3-4,7-10H2,1-2H3. The van der Waals surface area contributed by atoms with Gasteiger partial charge < -0.3 is 19.1 Å². The third-order valence-electron chi connectivity index (χ3n) is 4.40. The second-order valence-electron chi connectivity index (χ2n) is 5.88. The largest absolute Gasteiger partial charge is 0.497 e. The van der Waals surface area contributed by atoms with Crippen LogP contribution in [0, 0.1) is 5.92 Å². The van der Waals surface area contributed by atoms with E-state index in [9.17, 15) is 4.79 Å². The molecule has 1 fully saturated rings.